The van der Waals surface area contributed by atoms with Crippen molar-refractivity contribution < 1.29 is 9.18 Å². The highest BCUT2D eigenvalue weighted by Gasteiger charge is 2.20. The molecule has 0 aliphatic rings. The Balaban J connectivity index is 1.58. The van der Waals surface area contributed by atoms with Gasteiger partial charge in [0.15, 0.2) is 5.65 Å². The van der Waals surface area contributed by atoms with Crippen LogP contribution in [0.4, 0.5) is 4.39 Å². The first kappa shape index (κ1) is 19.8. The molecular formula is C25H20FN5O. The summed E-state index contributed by atoms with van der Waals surface area (Å²) >= 11 is 0. The van der Waals surface area contributed by atoms with Crippen molar-refractivity contribution in [2.24, 2.45) is 0 Å². The lowest BCUT2D eigenvalue weighted by Gasteiger charge is -2.23. The van der Waals surface area contributed by atoms with Crippen molar-refractivity contribution in [3.63, 3.8) is 0 Å². The van der Waals surface area contributed by atoms with Gasteiger partial charge in [-0.3, -0.25) is 4.79 Å². The van der Waals surface area contributed by atoms with E-state index < -0.39 is 0 Å². The van der Waals surface area contributed by atoms with Crippen LogP contribution in [0.5, 0.6) is 0 Å². The molecule has 1 amide bonds. The number of amides is 1. The van der Waals surface area contributed by atoms with Gasteiger partial charge in [-0.05, 0) is 58.8 Å². The van der Waals surface area contributed by atoms with Crippen molar-refractivity contribution in [3.05, 3.63) is 107 Å². The van der Waals surface area contributed by atoms with Crippen LogP contribution in [-0.4, -0.2) is 30.8 Å². The summed E-state index contributed by atoms with van der Waals surface area (Å²) in [7, 11) is 0. The molecule has 0 bridgehead atoms. The second-order valence-corrected chi connectivity index (χ2v) is 7.75. The molecule has 5 aromatic rings. The minimum Gasteiger partial charge on any atom is -0.330 e. The molecule has 158 valence electrons. The number of carbonyl (C=O) groups is 1. The van der Waals surface area contributed by atoms with Crippen molar-refractivity contribution in [1.82, 2.24) is 24.9 Å². The molecule has 0 unspecified atom stereocenters. The van der Waals surface area contributed by atoms with E-state index in [0.717, 1.165) is 27.6 Å². The Kier molecular flexibility index (Phi) is 5.07. The Labute approximate surface area is 183 Å². The van der Waals surface area contributed by atoms with Crippen molar-refractivity contribution in [3.8, 4) is 0 Å². The van der Waals surface area contributed by atoms with Gasteiger partial charge in [0.25, 0.3) is 5.91 Å². The highest BCUT2D eigenvalue weighted by atomic mass is 19.1. The maximum Gasteiger partial charge on any atom is 0.254 e. The third-order valence-corrected chi connectivity index (χ3v) is 5.52. The lowest BCUT2D eigenvalue weighted by Crippen LogP contribution is -2.30. The summed E-state index contributed by atoms with van der Waals surface area (Å²) in [6.07, 6.45) is 0. The van der Waals surface area contributed by atoms with E-state index in [0.29, 0.717) is 24.3 Å². The van der Waals surface area contributed by atoms with Gasteiger partial charge in [-0.25, -0.2) is 4.39 Å². The average molecular weight is 425 g/mol. The average Bonchev–Trinajstić information content (AvgIpc) is 3.30. The van der Waals surface area contributed by atoms with Crippen LogP contribution >= 0.6 is 0 Å². The minimum atomic E-state index is -0.309. The Morgan fingerprint density at radius 1 is 0.969 bits per heavy atom. The molecule has 7 heteroatoms. The van der Waals surface area contributed by atoms with Gasteiger partial charge in [-0.15, -0.1) is 5.10 Å². The molecular weight excluding hydrogens is 405 g/mol. The maximum atomic E-state index is 13.4. The molecule has 0 fully saturated rings. The van der Waals surface area contributed by atoms with Crippen molar-refractivity contribution in [2.45, 2.75) is 20.0 Å². The first-order valence-corrected chi connectivity index (χ1v) is 10.3. The van der Waals surface area contributed by atoms with Gasteiger partial charge >= 0.3 is 0 Å². The zero-order valence-corrected chi connectivity index (χ0v) is 17.4. The molecule has 2 heterocycles. The van der Waals surface area contributed by atoms with Crippen LogP contribution in [0.25, 0.3) is 16.6 Å². The fourth-order valence-electron chi connectivity index (χ4n) is 3.97. The van der Waals surface area contributed by atoms with E-state index in [4.69, 9.17) is 0 Å². The number of pyridine rings is 1. The van der Waals surface area contributed by atoms with Crippen LogP contribution in [0.2, 0.25) is 0 Å². The largest absolute Gasteiger partial charge is 0.330 e. The van der Waals surface area contributed by atoms with E-state index in [2.05, 4.69) is 15.5 Å². The van der Waals surface area contributed by atoms with E-state index >= 15 is 0 Å². The summed E-state index contributed by atoms with van der Waals surface area (Å²) in [6.45, 7) is 2.65. The molecule has 0 saturated heterocycles. The van der Waals surface area contributed by atoms with Crippen LogP contribution in [-0.2, 0) is 13.1 Å². The minimum absolute atomic E-state index is 0.120. The van der Waals surface area contributed by atoms with E-state index in [9.17, 15) is 9.18 Å². The quantitative estimate of drug-likeness (QED) is 0.414. The number of rotatable bonds is 5. The second-order valence-electron chi connectivity index (χ2n) is 7.75. The number of fused-ring (bicyclic) bond motifs is 3. The number of hydrogen-bond donors (Lipinski definition) is 0. The molecule has 6 nitrogen and oxygen atoms in total. The molecule has 0 N–H and O–H groups in total. The molecule has 2 aromatic heterocycles. The van der Waals surface area contributed by atoms with Crippen LogP contribution in [0.3, 0.4) is 0 Å². The normalized spacial score (nSPS) is 11.2. The fraction of sp³-hybridized carbons (Fsp3) is 0.120. The smallest absolute Gasteiger partial charge is 0.254 e. The standard InChI is InChI=1S/C25H20FN5O/c1-17-6-5-9-20-14-21(24-27-28-29-31(24)23(17)20)16-30(15-18-10-12-22(26)13-11-18)25(32)19-7-3-2-4-8-19/h2-14H,15-16H2,1H3. The Hall–Kier alpha value is -4.13. The molecule has 0 spiro atoms. The molecule has 0 aliphatic carbocycles. The number of aryl methyl sites for hydroxylation is 1. The predicted molar refractivity (Wildman–Crippen MR) is 119 cm³/mol. The second kappa shape index (κ2) is 8.19. The molecule has 0 aliphatic heterocycles. The summed E-state index contributed by atoms with van der Waals surface area (Å²) in [5.41, 5.74) is 4.87. The number of carbonyl (C=O) groups excluding carboxylic acids is 1. The van der Waals surface area contributed by atoms with Gasteiger partial charge in [-0.2, -0.15) is 4.52 Å². The molecule has 32 heavy (non-hydrogen) atoms. The summed E-state index contributed by atoms with van der Waals surface area (Å²) in [5.74, 6) is -0.430. The third-order valence-electron chi connectivity index (χ3n) is 5.52. The Morgan fingerprint density at radius 3 is 2.53 bits per heavy atom. The van der Waals surface area contributed by atoms with Gasteiger partial charge in [0.05, 0.1) is 12.1 Å². The highest BCUT2D eigenvalue weighted by Crippen LogP contribution is 2.24. The molecule has 0 radical (unpaired) electrons. The molecule has 3 aromatic carbocycles. The maximum absolute atomic E-state index is 13.4. The van der Waals surface area contributed by atoms with Gasteiger partial charge < -0.3 is 4.90 Å². The van der Waals surface area contributed by atoms with E-state index in [-0.39, 0.29) is 11.7 Å². The zero-order chi connectivity index (χ0) is 22.1. The Morgan fingerprint density at radius 2 is 1.75 bits per heavy atom. The first-order chi connectivity index (χ1) is 15.6. The number of halogens is 1. The van der Waals surface area contributed by atoms with E-state index in [1.54, 1.807) is 33.7 Å². The lowest BCUT2D eigenvalue weighted by atomic mass is 10.1. The number of benzene rings is 3. The third kappa shape index (κ3) is 3.69. The molecule has 0 saturated carbocycles. The van der Waals surface area contributed by atoms with Crippen LogP contribution in [0.1, 0.15) is 27.0 Å². The Bertz CT molecular complexity index is 1410. The van der Waals surface area contributed by atoms with Gasteiger partial charge in [-0.1, -0.05) is 48.5 Å². The van der Waals surface area contributed by atoms with Crippen LogP contribution < -0.4 is 0 Å². The first-order valence-electron chi connectivity index (χ1n) is 10.3. The van der Waals surface area contributed by atoms with Crippen molar-refractivity contribution in [2.75, 3.05) is 0 Å². The molecule has 0 atom stereocenters. The van der Waals surface area contributed by atoms with Gasteiger partial charge in [0, 0.05) is 23.1 Å². The topological polar surface area (TPSA) is 63.4 Å². The SMILES string of the molecule is Cc1cccc2cc(CN(Cc3ccc(F)cc3)C(=O)c3ccccc3)c3nnnn3c12. The summed E-state index contributed by atoms with van der Waals surface area (Å²) in [6, 6.07) is 23.4. The van der Waals surface area contributed by atoms with Gasteiger partial charge in [0.2, 0.25) is 0 Å². The summed E-state index contributed by atoms with van der Waals surface area (Å²) in [5, 5.41) is 13.3. The zero-order valence-electron chi connectivity index (χ0n) is 17.4. The molecule has 5 rings (SSSR count). The monoisotopic (exact) mass is 425 g/mol. The van der Waals surface area contributed by atoms with Crippen molar-refractivity contribution in [1.29, 1.82) is 0 Å². The number of hydrogen-bond acceptors (Lipinski definition) is 4. The number of aromatic nitrogens is 4. The summed E-state index contributed by atoms with van der Waals surface area (Å²) in [4.78, 5) is 15.1. The van der Waals surface area contributed by atoms with Crippen LogP contribution in [0, 0.1) is 12.7 Å². The number of para-hydroxylation sites is 1. The highest BCUT2D eigenvalue weighted by molar-refractivity contribution is 5.94. The van der Waals surface area contributed by atoms with Crippen molar-refractivity contribution >= 4 is 22.5 Å². The summed E-state index contributed by atoms with van der Waals surface area (Å²) < 4.78 is 15.1. The predicted octanol–water partition coefficient (Wildman–Crippen LogP) is 4.57. The lowest BCUT2D eigenvalue weighted by molar-refractivity contribution is 0.0730. The number of tetrazole rings is 1. The van der Waals surface area contributed by atoms with E-state index in [1.807, 2.05) is 49.4 Å². The fourth-order valence-corrected chi connectivity index (χ4v) is 3.97. The van der Waals surface area contributed by atoms with Gasteiger partial charge in [0.1, 0.15) is 5.82 Å². The van der Waals surface area contributed by atoms with Crippen LogP contribution in [0.15, 0.2) is 78.9 Å². The van der Waals surface area contributed by atoms with E-state index in [1.165, 1.54) is 12.1 Å². The number of nitrogens with zero attached hydrogens (tertiary/aromatic N) is 5.